The maximum Gasteiger partial charge on any atom is 0.272 e. The number of nitrogens with zero attached hydrogens (tertiary/aromatic N) is 3. The Morgan fingerprint density at radius 3 is 2.88 bits per heavy atom. The molecule has 1 rings (SSSR count). The summed E-state index contributed by atoms with van der Waals surface area (Å²) in [5.41, 5.74) is 0.351. The molecule has 0 aromatic carbocycles. The van der Waals surface area contributed by atoms with Gasteiger partial charge in [-0.1, -0.05) is 11.6 Å². The third-order valence-electron chi connectivity index (χ3n) is 2.11. The van der Waals surface area contributed by atoms with Gasteiger partial charge >= 0.3 is 0 Å². The van der Waals surface area contributed by atoms with E-state index in [0.29, 0.717) is 30.2 Å². The standard InChI is InChI=1S/C11H12ClN3O/c1-2-15(7-3-6-13)11(16)10-5-4-9(12)8-14-10/h4-5,8H,2-3,7H2,1H3. The van der Waals surface area contributed by atoms with Gasteiger partial charge in [-0.3, -0.25) is 4.79 Å². The lowest BCUT2D eigenvalue weighted by molar-refractivity contribution is 0.0762. The molecule has 0 fully saturated rings. The van der Waals surface area contributed by atoms with Crippen LogP contribution in [0.15, 0.2) is 18.3 Å². The molecule has 16 heavy (non-hydrogen) atoms. The molecule has 0 unspecified atom stereocenters. The van der Waals surface area contributed by atoms with E-state index >= 15 is 0 Å². The molecule has 0 spiro atoms. The van der Waals surface area contributed by atoms with Gasteiger partial charge in [0.05, 0.1) is 17.5 Å². The van der Waals surface area contributed by atoms with E-state index < -0.39 is 0 Å². The Balaban J connectivity index is 2.75. The second-order valence-corrected chi connectivity index (χ2v) is 3.59. The number of hydrogen-bond donors (Lipinski definition) is 0. The number of carbonyl (C=O) groups is 1. The summed E-state index contributed by atoms with van der Waals surface area (Å²) in [6.45, 7) is 2.85. The minimum absolute atomic E-state index is 0.172. The fraction of sp³-hybridized carbons (Fsp3) is 0.364. The molecule has 0 N–H and O–H groups in total. The summed E-state index contributed by atoms with van der Waals surface area (Å²) in [4.78, 5) is 17.4. The molecular weight excluding hydrogens is 226 g/mol. The second-order valence-electron chi connectivity index (χ2n) is 3.15. The van der Waals surface area contributed by atoms with Crippen LogP contribution in [0.1, 0.15) is 23.8 Å². The number of carbonyl (C=O) groups excluding carboxylic acids is 1. The zero-order chi connectivity index (χ0) is 12.0. The second kappa shape index (κ2) is 6.09. The highest BCUT2D eigenvalue weighted by atomic mass is 35.5. The number of rotatable bonds is 4. The van der Waals surface area contributed by atoms with E-state index in [0.717, 1.165) is 0 Å². The predicted octanol–water partition coefficient (Wildman–Crippen LogP) is 2.11. The van der Waals surface area contributed by atoms with Crippen LogP contribution in [-0.2, 0) is 0 Å². The van der Waals surface area contributed by atoms with E-state index in [1.165, 1.54) is 6.20 Å². The molecule has 0 atom stereocenters. The lowest BCUT2D eigenvalue weighted by atomic mass is 10.3. The summed E-state index contributed by atoms with van der Waals surface area (Å²) >= 11 is 5.68. The van der Waals surface area contributed by atoms with Crippen molar-refractivity contribution in [2.45, 2.75) is 13.3 Å². The van der Waals surface area contributed by atoms with Crippen LogP contribution in [-0.4, -0.2) is 28.9 Å². The van der Waals surface area contributed by atoms with Crippen molar-refractivity contribution >= 4 is 17.5 Å². The van der Waals surface area contributed by atoms with Gasteiger partial charge in [-0.15, -0.1) is 0 Å². The van der Waals surface area contributed by atoms with Gasteiger partial charge in [-0.2, -0.15) is 5.26 Å². The Morgan fingerprint density at radius 1 is 1.62 bits per heavy atom. The predicted molar refractivity (Wildman–Crippen MR) is 61.1 cm³/mol. The van der Waals surface area contributed by atoms with Crippen molar-refractivity contribution in [3.63, 3.8) is 0 Å². The number of halogens is 1. The van der Waals surface area contributed by atoms with Gasteiger partial charge in [-0.05, 0) is 19.1 Å². The third kappa shape index (κ3) is 3.21. The monoisotopic (exact) mass is 237 g/mol. The summed E-state index contributed by atoms with van der Waals surface area (Å²) in [5, 5.41) is 8.98. The van der Waals surface area contributed by atoms with Gasteiger partial charge in [-0.25, -0.2) is 4.98 Å². The van der Waals surface area contributed by atoms with Crippen LogP contribution in [0, 0.1) is 11.3 Å². The molecule has 0 radical (unpaired) electrons. The summed E-state index contributed by atoms with van der Waals surface area (Å²) in [6.07, 6.45) is 1.76. The van der Waals surface area contributed by atoms with Gasteiger partial charge < -0.3 is 4.90 Å². The van der Waals surface area contributed by atoms with Crippen LogP contribution >= 0.6 is 11.6 Å². The van der Waals surface area contributed by atoms with Gasteiger partial charge in [0.2, 0.25) is 0 Å². The Morgan fingerprint density at radius 2 is 2.38 bits per heavy atom. The zero-order valence-corrected chi connectivity index (χ0v) is 9.74. The van der Waals surface area contributed by atoms with Crippen molar-refractivity contribution in [3.8, 4) is 6.07 Å². The molecule has 4 nitrogen and oxygen atoms in total. The van der Waals surface area contributed by atoms with Gasteiger partial charge in [0.1, 0.15) is 5.69 Å². The number of amides is 1. The van der Waals surface area contributed by atoms with Crippen molar-refractivity contribution in [2.24, 2.45) is 0 Å². The fourth-order valence-electron chi connectivity index (χ4n) is 1.25. The van der Waals surface area contributed by atoms with Crippen LogP contribution in [0.4, 0.5) is 0 Å². The molecule has 1 amide bonds. The Bertz CT molecular complexity index is 397. The first kappa shape index (κ1) is 12.5. The Kier molecular flexibility index (Phi) is 4.74. The van der Waals surface area contributed by atoms with Crippen LogP contribution in [0.25, 0.3) is 0 Å². The first-order valence-corrected chi connectivity index (χ1v) is 5.34. The lowest BCUT2D eigenvalue weighted by Crippen LogP contribution is -2.32. The van der Waals surface area contributed by atoms with Gasteiger partial charge in [0.15, 0.2) is 0 Å². The topological polar surface area (TPSA) is 57.0 Å². The summed E-state index contributed by atoms with van der Waals surface area (Å²) in [5.74, 6) is -0.172. The number of nitriles is 1. The molecular formula is C11H12ClN3O. The van der Waals surface area contributed by atoms with Crippen LogP contribution in [0.5, 0.6) is 0 Å². The molecule has 84 valence electrons. The molecule has 5 heteroatoms. The average Bonchev–Trinajstić information content (AvgIpc) is 2.30. The number of hydrogen-bond acceptors (Lipinski definition) is 3. The summed E-state index contributed by atoms with van der Waals surface area (Å²) in [6, 6.07) is 5.22. The molecule has 0 aliphatic carbocycles. The Hall–Kier alpha value is -1.60. The number of pyridine rings is 1. The zero-order valence-electron chi connectivity index (χ0n) is 8.98. The van der Waals surface area contributed by atoms with E-state index in [4.69, 9.17) is 16.9 Å². The maximum absolute atomic E-state index is 11.9. The normalized spacial score (nSPS) is 9.56. The van der Waals surface area contributed by atoms with Crippen molar-refractivity contribution in [1.82, 2.24) is 9.88 Å². The molecule has 0 saturated carbocycles. The first-order valence-electron chi connectivity index (χ1n) is 4.96. The fourth-order valence-corrected chi connectivity index (χ4v) is 1.36. The van der Waals surface area contributed by atoms with Crippen LogP contribution < -0.4 is 0 Å². The number of aromatic nitrogens is 1. The Labute approximate surface area is 99.5 Å². The highest BCUT2D eigenvalue weighted by molar-refractivity contribution is 6.30. The minimum atomic E-state index is -0.172. The molecule has 1 aromatic heterocycles. The third-order valence-corrected chi connectivity index (χ3v) is 2.33. The SMILES string of the molecule is CCN(CCC#N)C(=O)c1ccc(Cl)cn1. The molecule has 0 aliphatic rings. The largest absolute Gasteiger partial charge is 0.337 e. The molecule has 0 saturated heterocycles. The van der Waals surface area contributed by atoms with E-state index in [1.54, 1.807) is 17.0 Å². The molecule has 0 bridgehead atoms. The lowest BCUT2D eigenvalue weighted by Gasteiger charge is -2.18. The molecule has 1 aromatic rings. The van der Waals surface area contributed by atoms with Crippen molar-refractivity contribution in [2.75, 3.05) is 13.1 Å². The average molecular weight is 238 g/mol. The molecule has 1 heterocycles. The van der Waals surface area contributed by atoms with Crippen molar-refractivity contribution < 1.29 is 4.79 Å². The quantitative estimate of drug-likeness (QED) is 0.806. The van der Waals surface area contributed by atoms with Crippen molar-refractivity contribution in [1.29, 1.82) is 5.26 Å². The highest BCUT2D eigenvalue weighted by Gasteiger charge is 2.14. The van der Waals surface area contributed by atoms with Gasteiger partial charge in [0, 0.05) is 19.3 Å². The minimum Gasteiger partial charge on any atom is -0.337 e. The first-order chi connectivity index (χ1) is 7.69. The van der Waals surface area contributed by atoms with E-state index in [1.807, 2.05) is 13.0 Å². The van der Waals surface area contributed by atoms with Gasteiger partial charge in [0.25, 0.3) is 5.91 Å². The van der Waals surface area contributed by atoms with E-state index in [-0.39, 0.29) is 5.91 Å². The summed E-state index contributed by atoms with van der Waals surface area (Å²) in [7, 11) is 0. The van der Waals surface area contributed by atoms with Crippen LogP contribution in [0.2, 0.25) is 5.02 Å². The van der Waals surface area contributed by atoms with Crippen LogP contribution in [0.3, 0.4) is 0 Å². The molecule has 0 aliphatic heterocycles. The summed E-state index contributed by atoms with van der Waals surface area (Å²) < 4.78 is 0. The van der Waals surface area contributed by atoms with E-state index in [2.05, 4.69) is 4.98 Å². The maximum atomic E-state index is 11.9. The smallest absolute Gasteiger partial charge is 0.272 e. The highest BCUT2D eigenvalue weighted by Crippen LogP contribution is 2.08. The van der Waals surface area contributed by atoms with Crippen molar-refractivity contribution in [3.05, 3.63) is 29.0 Å². The van der Waals surface area contributed by atoms with E-state index in [9.17, 15) is 4.79 Å².